The molecule has 3 aromatic carbocycles. The molecule has 1 fully saturated rings. The molecule has 1 heterocycles. The van der Waals surface area contributed by atoms with Gasteiger partial charge in [0.15, 0.2) is 0 Å². The Labute approximate surface area is 252 Å². The van der Waals surface area contributed by atoms with Crippen LogP contribution in [0.2, 0.25) is 0 Å². The van der Waals surface area contributed by atoms with Gasteiger partial charge in [0.1, 0.15) is 6.61 Å². The van der Waals surface area contributed by atoms with Gasteiger partial charge in [-0.05, 0) is 61.4 Å². The monoisotopic (exact) mass is 591 g/mol. The summed E-state index contributed by atoms with van der Waals surface area (Å²) in [5.41, 5.74) is 2.14. The molecule has 0 radical (unpaired) electrons. The summed E-state index contributed by atoms with van der Waals surface area (Å²) in [6.07, 6.45) is 4.42. The van der Waals surface area contributed by atoms with Crippen LogP contribution in [0.1, 0.15) is 56.1 Å². The number of nitrogens with zero attached hydrogens (tertiary/aromatic N) is 3. The van der Waals surface area contributed by atoms with E-state index in [1.807, 2.05) is 59.5 Å². The summed E-state index contributed by atoms with van der Waals surface area (Å²) in [5.74, 6) is 0.0708. The molecule has 0 saturated carbocycles. The maximum absolute atomic E-state index is 13.2. The van der Waals surface area contributed by atoms with Crippen LogP contribution in [0.4, 0.5) is 4.79 Å². The third-order valence-electron chi connectivity index (χ3n) is 8.18. The lowest BCUT2D eigenvalue weighted by atomic mass is 9.94. The van der Waals surface area contributed by atoms with Crippen molar-refractivity contribution in [1.29, 1.82) is 0 Å². The standard InChI is InChI=1S/C34H45N3O4S/c1-3-4-23-37(34(38)41-28-29-14-8-5-9-15-29)32-21-25-36(26-22-32)24-20-31(30-16-10-6-11-17-30)27-35(2)42(39,40)33-18-12-7-13-19-33/h5-19,31-32H,3-4,20-28H2,1-2H3/t31-/m1/s1. The number of hydrogen-bond acceptors (Lipinski definition) is 5. The topological polar surface area (TPSA) is 70.2 Å². The lowest BCUT2D eigenvalue weighted by Crippen LogP contribution is -2.48. The highest BCUT2D eigenvalue weighted by Crippen LogP contribution is 2.26. The Hall–Kier alpha value is -3.20. The first-order valence-corrected chi connectivity index (χ1v) is 16.6. The van der Waals surface area contributed by atoms with Gasteiger partial charge in [0.25, 0.3) is 0 Å². The van der Waals surface area contributed by atoms with Gasteiger partial charge < -0.3 is 14.5 Å². The number of amides is 1. The summed E-state index contributed by atoms with van der Waals surface area (Å²) in [5, 5.41) is 0. The van der Waals surface area contributed by atoms with Crippen molar-refractivity contribution < 1.29 is 17.9 Å². The van der Waals surface area contributed by atoms with E-state index >= 15 is 0 Å². The van der Waals surface area contributed by atoms with Gasteiger partial charge in [-0.1, -0.05) is 92.2 Å². The Morgan fingerprint density at radius 2 is 1.52 bits per heavy atom. The van der Waals surface area contributed by atoms with Gasteiger partial charge in [0, 0.05) is 39.3 Å². The first-order valence-electron chi connectivity index (χ1n) is 15.1. The van der Waals surface area contributed by atoms with Crippen LogP contribution in [0.5, 0.6) is 0 Å². The van der Waals surface area contributed by atoms with Crippen LogP contribution >= 0.6 is 0 Å². The molecule has 42 heavy (non-hydrogen) atoms. The Bertz CT molecular complexity index is 1310. The fraction of sp³-hybridized carbons (Fsp3) is 0.441. The van der Waals surface area contributed by atoms with Crippen molar-refractivity contribution in [2.45, 2.75) is 62.5 Å². The number of ether oxygens (including phenoxy) is 1. The summed E-state index contributed by atoms with van der Waals surface area (Å²) < 4.78 is 33.7. The number of likely N-dealkylation sites (N-methyl/N-ethyl adjacent to an activating group) is 1. The predicted molar refractivity (Wildman–Crippen MR) is 168 cm³/mol. The first kappa shape index (κ1) is 31.7. The molecule has 7 nitrogen and oxygen atoms in total. The highest BCUT2D eigenvalue weighted by atomic mass is 32.2. The molecular weight excluding hydrogens is 546 g/mol. The second kappa shape index (κ2) is 15.9. The average Bonchev–Trinajstić information content (AvgIpc) is 3.04. The Morgan fingerprint density at radius 3 is 2.14 bits per heavy atom. The molecule has 1 saturated heterocycles. The second-order valence-corrected chi connectivity index (χ2v) is 13.2. The summed E-state index contributed by atoms with van der Waals surface area (Å²) in [6.45, 7) is 6.23. The summed E-state index contributed by atoms with van der Waals surface area (Å²) in [4.78, 5) is 17.8. The number of likely N-dealkylation sites (tertiary alicyclic amines) is 1. The molecule has 226 valence electrons. The molecule has 4 rings (SSSR count). The lowest BCUT2D eigenvalue weighted by molar-refractivity contribution is 0.0595. The van der Waals surface area contributed by atoms with Crippen LogP contribution < -0.4 is 0 Å². The number of piperidine rings is 1. The van der Waals surface area contributed by atoms with Crippen LogP contribution in [0, 0.1) is 0 Å². The Balaban J connectivity index is 1.34. The second-order valence-electron chi connectivity index (χ2n) is 11.2. The number of carbonyl (C=O) groups is 1. The summed E-state index contributed by atoms with van der Waals surface area (Å²) in [7, 11) is -1.90. The molecule has 1 atom stereocenters. The number of rotatable bonds is 14. The van der Waals surface area contributed by atoms with E-state index in [-0.39, 0.29) is 24.7 Å². The summed E-state index contributed by atoms with van der Waals surface area (Å²) >= 11 is 0. The van der Waals surface area contributed by atoms with Gasteiger partial charge in [0.2, 0.25) is 10.0 Å². The van der Waals surface area contributed by atoms with Crippen molar-refractivity contribution in [2.75, 3.05) is 39.8 Å². The number of carbonyl (C=O) groups excluding carboxylic acids is 1. The van der Waals surface area contributed by atoms with E-state index < -0.39 is 10.0 Å². The maximum atomic E-state index is 13.2. The van der Waals surface area contributed by atoms with Crippen LogP contribution in [0.25, 0.3) is 0 Å². The van der Waals surface area contributed by atoms with E-state index in [1.54, 1.807) is 31.3 Å². The molecule has 0 unspecified atom stereocenters. The number of benzene rings is 3. The van der Waals surface area contributed by atoms with E-state index in [2.05, 4.69) is 24.0 Å². The van der Waals surface area contributed by atoms with E-state index in [4.69, 9.17) is 4.74 Å². The number of sulfonamides is 1. The van der Waals surface area contributed by atoms with Crippen molar-refractivity contribution >= 4 is 16.1 Å². The molecule has 8 heteroatoms. The van der Waals surface area contributed by atoms with Crippen LogP contribution in [-0.4, -0.2) is 74.4 Å². The SMILES string of the molecule is CCCCN(C(=O)OCc1ccccc1)C1CCN(CC[C@H](CN(C)S(=O)(=O)c2ccccc2)c2ccccc2)CC1. The fourth-order valence-electron chi connectivity index (χ4n) is 5.62. The normalized spacial score (nSPS) is 15.4. The number of hydrogen-bond donors (Lipinski definition) is 0. The zero-order valence-electron chi connectivity index (χ0n) is 25.0. The highest BCUT2D eigenvalue weighted by molar-refractivity contribution is 7.89. The molecule has 3 aromatic rings. The van der Waals surface area contributed by atoms with Gasteiger partial charge in [0.05, 0.1) is 4.90 Å². The third-order valence-corrected chi connectivity index (χ3v) is 10.0. The van der Waals surface area contributed by atoms with Gasteiger partial charge in [-0.15, -0.1) is 0 Å². The van der Waals surface area contributed by atoms with E-state index in [0.29, 0.717) is 18.0 Å². The molecule has 0 spiro atoms. The van der Waals surface area contributed by atoms with Crippen LogP contribution in [-0.2, 0) is 21.4 Å². The zero-order chi connectivity index (χ0) is 29.8. The molecular formula is C34H45N3O4S. The van der Waals surface area contributed by atoms with Gasteiger partial charge in [-0.2, -0.15) is 0 Å². The minimum atomic E-state index is -3.57. The average molecular weight is 592 g/mol. The molecule has 1 aliphatic rings. The van der Waals surface area contributed by atoms with Crippen molar-refractivity contribution in [2.24, 2.45) is 0 Å². The molecule has 1 amide bonds. The van der Waals surface area contributed by atoms with Gasteiger partial charge >= 0.3 is 6.09 Å². The number of unbranched alkanes of at least 4 members (excludes halogenated alkanes) is 1. The molecule has 1 aliphatic heterocycles. The highest BCUT2D eigenvalue weighted by Gasteiger charge is 2.30. The fourth-order valence-corrected chi connectivity index (χ4v) is 6.85. The lowest BCUT2D eigenvalue weighted by Gasteiger charge is -2.38. The van der Waals surface area contributed by atoms with Crippen molar-refractivity contribution in [1.82, 2.24) is 14.1 Å². The molecule has 0 aromatic heterocycles. The quantitative estimate of drug-likeness (QED) is 0.218. The smallest absolute Gasteiger partial charge is 0.410 e. The maximum Gasteiger partial charge on any atom is 0.410 e. The van der Waals surface area contributed by atoms with Crippen LogP contribution in [0.15, 0.2) is 95.9 Å². The Kier molecular flexibility index (Phi) is 12.0. The van der Waals surface area contributed by atoms with Gasteiger partial charge in [-0.3, -0.25) is 0 Å². The van der Waals surface area contributed by atoms with Crippen LogP contribution in [0.3, 0.4) is 0 Å². The van der Waals surface area contributed by atoms with Gasteiger partial charge in [-0.25, -0.2) is 17.5 Å². The zero-order valence-corrected chi connectivity index (χ0v) is 25.8. The molecule has 0 N–H and O–H groups in total. The van der Waals surface area contributed by atoms with E-state index in [1.165, 1.54) is 4.31 Å². The van der Waals surface area contributed by atoms with Crippen molar-refractivity contribution in [3.8, 4) is 0 Å². The Morgan fingerprint density at radius 1 is 0.929 bits per heavy atom. The molecule has 0 bridgehead atoms. The molecule has 0 aliphatic carbocycles. The largest absolute Gasteiger partial charge is 0.445 e. The van der Waals surface area contributed by atoms with Crippen molar-refractivity contribution in [3.05, 3.63) is 102 Å². The van der Waals surface area contributed by atoms with E-state index in [0.717, 1.165) is 62.9 Å². The first-order chi connectivity index (χ1) is 20.4. The predicted octanol–water partition coefficient (Wildman–Crippen LogP) is 6.38. The van der Waals surface area contributed by atoms with Crippen molar-refractivity contribution in [3.63, 3.8) is 0 Å². The third kappa shape index (κ3) is 8.90. The summed E-state index contributed by atoms with van der Waals surface area (Å²) in [6, 6.07) is 28.8. The minimum Gasteiger partial charge on any atom is -0.445 e. The minimum absolute atomic E-state index is 0.0708. The van der Waals surface area contributed by atoms with E-state index in [9.17, 15) is 13.2 Å².